The zero-order chi connectivity index (χ0) is 12.2. The van der Waals surface area contributed by atoms with E-state index in [4.69, 9.17) is 5.73 Å². The molecule has 2 saturated carbocycles. The third kappa shape index (κ3) is 1.65. The van der Waals surface area contributed by atoms with Gasteiger partial charge in [-0.15, -0.1) is 0 Å². The molecule has 0 aromatic heterocycles. The van der Waals surface area contributed by atoms with Crippen LogP contribution in [0.2, 0.25) is 0 Å². The van der Waals surface area contributed by atoms with Gasteiger partial charge in [0.25, 0.3) is 0 Å². The van der Waals surface area contributed by atoms with Crippen molar-refractivity contribution in [2.45, 2.75) is 31.4 Å². The van der Waals surface area contributed by atoms with Crippen molar-refractivity contribution in [3.05, 3.63) is 0 Å². The van der Waals surface area contributed by atoms with E-state index in [1.807, 2.05) is 0 Å². The van der Waals surface area contributed by atoms with Crippen molar-refractivity contribution in [1.29, 1.82) is 0 Å². The van der Waals surface area contributed by atoms with Gasteiger partial charge in [0.15, 0.2) is 0 Å². The lowest BCUT2D eigenvalue weighted by atomic mass is 9.88. The van der Waals surface area contributed by atoms with Gasteiger partial charge in [0, 0.05) is 6.54 Å². The van der Waals surface area contributed by atoms with Crippen LogP contribution in [0.25, 0.3) is 0 Å². The largest absolute Gasteiger partial charge is 0.391 e. The second-order valence-corrected chi connectivity index (χ2v) is 7.71. The third-order valence-corrected chi connectivity index (χ3v) is 6.68. The second-order valence-electron chi connectivity index (χ2n) is 5.66. The lowest BCUT2D eigenvalue weighted by Crippen LogP contribution is -2.44. The summed E-state index contributed by atoms with van der Waals surface area (Å²) in [5, 5.41) is 10.1. The van der Waals surface area contributed by atoms with E-state index in [2.05, 4.69) is 0 Å². The number of aliphatic hydroxyl groups excluding tert-OH is 1. The van der Waals surface area contributed by atoms with Crippen LogP contribution in [0.1, 0.15) is 19.3 Å². The van der Waals surface area contributed by atoms with Gasteiger partial charge in [-0.3, -0.25) is 0 Å². The molecular weight excluding hydrogens is 240 g/mol. The number of nitrogens with zero attached hydrogens (tertiary/aromatic N) is 1. The summed E-state index contributed by atoms with van der Waals surface area (Å²) in [7, 11) is -3.22. The zero-order valence-corrected chi connectivity index (χ0v) is 10.6. The summed E-state index contributed by atoms with van der Waals surface area (Å²) in [6, 6.07) is -0.137. The molecule has 2 aliphatic carbocycles. The van der Waals surface area contributed by atoms with E-state index in [9.17, 15) is 13.5 Å². The van der Waals surface area contributed by atoms with Crippen LogP contribution in [-0.4, -0.2) is 48.8 Å². The van der Waals surface area contributed by atoms with Crippen molar-refractivity contribution in [3.8, 4) is 0 Å². The maximum absolute atomic E-state index is 12.2. The first kappa shape index (κ1) is 11.9. The van der Waals surface area contributed by atoms with Crippen LogP contribution >= 0.6 is 0 Å². The number of hydrogen-bond acceptors (Lipinski definition) is 4. The summed E-state index contributed by atoms with van der Waals surface area (Å²) in [4.78, 5) is 0. The smallest absolute Gasteiger partial charge is 0.214 e. The molecule has 3 fully saturated rings. The maximum Gasteiger partial charge on any atom is 0.214 e. The topological polar surface area (TPSA) is 83.6 Å². The molecule has 0 amide bonds. The molecule has 1 saturated heterocycles. The highest BCUT2D eigenvalue weighted by Gasteiger charge is 2.61. The predicted molar refractivity (Wildman–Crippen MR) is 63.7 cm³/mol. The molecule has 3 rings (SSSR count). The van der Waals surface area contributed by atoms with E-state index in [0.717, 1.165) is 12.8 Å². The number of fused-ring (bicyclic) bond motifs is 1. The molecule has 3 N–H and O–H groups in total. The summed E-state index contributed by atoms with van der Waals surface area (Å²) in [6.07, 6.45) is 2.08. The lowest BCUT2D eigenvalue weighted by molar-refractivity contribution is 0.0731. The molecule has 0 radical (unpaired) electrons. The van der Waals surface area contributed by atoms with Gasteiger partial charge >= 0.3 is 0 Å². The van der Waals surface area contributed by atoms with E-state index >= 15 is 0 Å². The Morgan fingerprint density at radius 2 is 2.06 bits per heavy atom. The Hall–Kier alpha value is -0.170. The van der Waals surface area contributed by atoms with Crippen LogP contribution in [0.3, 0.4) is 0 Å². The van der Waals surface area contributed by atoms with Gasteiger partial charge in [-0.2, -0.15) is 4.31 Å². The average Bonchev–Trinajstić information content (AvgIpc) is 2.86. The van der Waals surface area contributed by atoms with Crippen LogP contribution in [0.5, 0.6) is 0 Å². The van der Waals surface area contributed by atoms with Gasteiger partial charge in [0.1, 0.15) is 0 Å². The van der Waals surface area contributed by atoms with Crippen molar-refractivity contribution < 1.29 is 13.5 Å². The Bertz CT molecular complexity index is 409. The minimum Gasteiger partial charge on any atom is -0.391 e. The highest BCUT2D eigenvalue weighted by molar-refractivity contribution is 7.89. The third-order valence-electron chi connectivity index (χ3n) is 4.77. The van der Waals surface area contributed by atoms with E-state index in [1.165, 1.54) is 0 Å². The second kappa shape index (κ2) is 3.91. The fraction of sp³-hybridized carbons (Fsp3) is 1.00. The summed E-state index contributed by atoms with van der Waals surface area (Å²) >= 11 is 0. The van der Waals surface area contributed by atoms with Gasteiger partial charge in [-0.05, 0) is 43.6 Å². The lowest BCUT2D eigenvalue weighted by Gasteiger charge is -2.28. The minimum absolute atomic E-state index is 0.122. The first-order valence-electron chi connectivity index (χ1n) is 6.42. The number of nitrogens with two attached hydrogens (primary N) is 1. The summed E-state index contributed by atoms with van der Waals surface area (Å²) < 4.78 is 26.0. The van der Waals surface area contributed by atoms with Crippen molar-refractivity contribution in [1.82, 2.24) is 4.31 Å². The van der Waals surface area contributed by atoms with Crippen LogP contribution < -0.4 is 5.73 Å². The van der Waals surface area contributed by atoms with Gasteiger partial charge in [0.05, 0.1) is 17.9 Å². The Morgan fingerprint density at radius 1 is 1.29 bits per heavy atom. The molecule has 5 atom stereocenters. The molecule has 0 aromatic rings. The van der Waals surface area contributed by atoms with E-state index < -0.39 is 16.1 Å². The molecule has 17 heavy (non-hydrogen) atoms. The first-order chi connectivity index (χ1) is 8.04. The number of sulfonamides is 1. The molecule has 3 aliphatic rings. The molecule has 5 unspecified atom stereocenters. The van der Waals surface area contributed by atoms with Crippen molar-refractivity contribution in [3.63, 3.8) is 0 Å². The molecule has 6 heteroatoms. The molecule has 1 aliphatic heterocycles. The molecular formula is C11H20N2O3S. The highest BCUT2D eigenvalue weighted by Crippen LogP contribution is 2.55. The van der Waals surface area contributed by atoms with Gasteiger partial charge in [-0.1, -0.05) is 0 Å². The zero-order valence-electron chi connectivity index (χ0n) is 9.83. The van der Waals surface area contributed by atoms with Crippen molar-refractivity contribution in [2.24, 2.45) is 23.5 Å². The standard InChI is InChI=1S/C11H20N2O3S/c12-2-1-3-17(15,16)13-6-8-4-7-5-9(8)10(13)11(7)14/h7-11,14H,1-6,12H2. The average molecular weight is 260 g/mol. The van der Waals surface area contributed by atoms with Gasteiger partial charge in [0.2, 0.25) is 10.0 Å². The van der Waals surface area contributed by atoms with Crippen LogP contribution in [0.4, 0.5) is 0 Å². The van der Waals surface area contributed by atoms with Gasteiger partial charge in [-0.25, -0.2) is 8.42 Å². The Kier molecular flexibility index (Phi) is 2.74. The monoisotopic (exact) mass is 260 g/mol. The Morgan fingerprint density at radius 3 is 2.71 bits per heavy atom. The first-order valence-corrected chi connectivity index (χ1v) is 8.03. The molecule has 0 spiro atoms. The van der Waals surface area contributed by atoms with Crippen molar-refractivity contribution in [2.75, 3.05) is 18.8 Å². The number of rotatable bonds is 4. The fourth-order valence-electron chi connectivity index (χ4n) is 4.06. The molecule has 98 valence electrons. The SMILES string of the molecule is NCCCS(=O)(=O)N1CC2CC3CC2C1C3O. The number of aliphatic hydroxyl groups is 1. The van der Waals surface area contributed by atoms with Gasteiger partial charge < -0.3 is 10.8 Å². The van der Waals surface area contributed by atoms with Crippen LogP contribution in [-0.2, 0) is 10.0 Å². The van der Waals surface area contributed by atoms with Crippen LogP contribution in [0, 0.1) is 17.8 Å². The summed E-state index contributed by atoms with van der Waals surface area (Å²) in [5.41, 5.74) is 5.37. The number of hydrogen-bond donors (Lipinski definition) is 2. The van der Waals surface area contributed by atoms with Crippen LogP contribution in [0.15, 0.2) is 0 Å². The molecule has 0 aromatic carbocycles. The molecule has 5 nitrogen and oxygen atoms in total. The molecule has 2 bridgehead atoms. The minimum atomic E-state index is -3.22. The fourth-order valence-corrected chi connectivity index (χ4v) is 5.90. The summed E-state index contributed by atoms with van der Waals surface area (Å²) in [6.45, 7) is 1.02. The quantitative estimate of drug-likeness (QED) is 0.704. The van der Waals surface area contributed by atoms with E-state index in [1.54, 1.807) is 4.31 Å². The predicted octanol–water partition coefficient (Wildman–Crippen LogP) is -0.634. The Labute approximate surface area is 102 Å². The maximum atomic E-state index is 12.2. The van der Waals surface area contributed by atoms with E-state index in [0.29, 0.717) is 37.3 Å². The Balaban J connectivity index is 1.82. The van der Waals surface area contributed by atoms with E-state index in [-0.39, 0.29) is 11.8 Å². The molecule has 1 heterocycles. The highest BCUT2D eigenvalue weighted by atomic mass is 32.2. The summed E-state index contributed by atoms with van der Waals surface area (Å²) in [5.74, 6) is 1.35. The normalized spacial score (nSPS) is 44.7. The van der Waals surface area contributed by atoms with Crippen molar-refractivity contribution >= 4 is 10.0 Å².